The molecule has 1 atom stereocenters. The highest BCUT2D eigenvalue weighted by Gasteiger charge is 2.08. The zero-order valence-corrected chi connectivity index (χ0v) is 11.5. The second-order valence-corrected chi connectivity index (χ2v) is 5.12. The van der Waals surface area contributed by atoms with Gasteiger partial charge in [-0.05, 0) is 36.1 Å². The maximum Gasteiger partial charge on any atom is 0.0595 e. The topological polar surface area (TPSA) is 26.0 Å². The first kappa shape index (κ1) is 13.4. The van der Waals surface area contributed by atoms with E-state index in [9.17, 15) is 0 Å². The van der Waals surface area contributed by atoms with E-state index in [2.05, 4.69) is 12.1 Å². The fourth-order valence-electron chi connectivity index (χ4n) is 1.88. The summed E-state index contributed by atoms with van der Waals surface area (Å²) in [4.78, 5) is 0. The lowest BCUT2D eigenvalue weighted by molar-refractivity contribution is 0.651. The van der Waals surface area contributed by atoms with Gasteiger partial charge in [0, 0.05) is 6.04 Å². The van der Waals surface area contributed by atoms with Gasteiger partial charge in [0.15, 0.2) is 0 Å². The molecule has 0 aliphatic carbocycles. The minimum absolute atomic E-state index is 0.0139. The van der Waals surface area contributed by atoms with Gasteiger partial charge in [-0.3, -0.25) is 0 Å². The minimum Gasteiger partial charge on any atom is -0.324 e. The fourth-order valence-corrected chi connectivity index (χ4v) is 2.18. The summed E-state index contributed by atoms with van der Waals surface area (Å²) in [6.07, 6.45) is 1.85. The molecular formula is C15H15Cl2N. The van der Waals surface area contributed by atoms with Crippen LogP contribution in [0.1, 0.15) is 23.6 Å². The van der Waals surface area contributed by atoms with Crippen LogP contribution in [0.25, 0.3) is 0 Å². The number of hydrogen-bond acceptors (Lipinski definition) is 1. The lowest BCUT2D eigenvalue weighted by Gasteiger charge is -2.12. The molecule has 2 aromatic carbocycles. The predicted octanol–water partition coefficient (Wildman–Crippen LogP) is 4.63. The third-order valence-corrected chi connectivity index (χ3v) is 3.70. The van der Waals surface area contributed by atoms with E-state index in [1.807, 2.05) is 30.3 Å². The van der Waals surface area contributed by atoms with E-state index >= 15 is 0 Å². The maximum absolute atomic E-state index is 6.16. The summed E-state index contributed by atoms with van der Waals surface area (Å²) >= 11 is 11.9. The van der Waals surface area contributed by atoms with E-state index in [-0.39, 0.29) is 6.04 Å². The minimum atomic E-state index is -0.0139. The van der Waals surface area contributed by atoms with Gasteiger partial charge in [-0.2, -0.15) is 0 Å². The molecule has 0 aliphatic heterocycles. The van der Waals surface area contributed by atoms with Gasteiger partial charge in [0.05, 0.1) is 10.0 Å². The smallest absolute Gasteiger partial charge is 0.0595 e. The first-order chi connectivity index (χ1) is 8.66. The molecule has 0 heterocycles. The standard InChI is InChI=1S/C15H15Cl2N/c16-13-8-7-12(10-14(13)17)15(18)9-6-11-4-2-1-3-5-11/h1-5,7-8,10,15H,6,9,18H2. The van der Waals surface area contributed by atoms with Crippen molar-refractivity contribution in [3.8, 4) is 0 Å². The van der Waals surface area contributed by atoms with Crippen LogP contribution in [0.3, 0.4) is 0 Å². The van der Waals surface area contributed by atoms with Crippen molar-refractivity contribution in [3.05, 3.63) is 69.7 Å². The molecule has 0 aliphatic rings. The number of aryl methyl sites for hydroxylation is 1. The van der Waals surface area contributed by atoms with Crippen LogP contribution in [0.2, 0.25) is 10.0 Å². The van der Waals surface area contributed by atoms with Crippen LogP contribution in [-0.2, 0) is 6.42 Å². The average Bonchev–Trinajstić information content (AvgIpc) is 2.40. The lowest BCUT2D eigenvalue weighted by Crippen LogP contribution is -2.11. The van der Waals surface area contributed by atoms with E-state index in [1.54, 1.807) is 6.07 Å². The van der Waals surface area contributed by atoms with Gasteiger partial charge in [-0.25, -0.2) is 0 Å². The fraction of sp³-hybridized carbons (Fsp3) is 0.200. The Balaban J connectivity index is 1.99. The van der Waals surface area contributed by atoms with Crippen molar-refractivity contribution >= 4 is 23.2 Å². The number of hydrogen-bond donors (Lipinski definition) is 1. The molecule has 18 heavy (non-hydrogen) atoms. The summed E-state index contributed by atoms with van der Waals surface area (Å²) in [5.41, 5.74) is 8.49. The summed E-state index contributed by atoms with van der Waals surface area (Å²) in [6.45, 7) is 0. The van der Waals surface area contributed by atoms with E-state index in [1.165, 1.54) is 5.56 Å². The van der Waals surface area contributed by atoms with Crippen LogP contribution in [-0.4, -0.2) is 0 Å². The predicted molar refractivity (Wildman–Crippen MR) is 78.2 cm³/mol. The summed E-state index contributed by atoms with van der Waals surface area (Å²) in [6, 6.07) is 15.9. The Morgan fingerprint density at radius 3 is 2.33 bits per heavy atom. The van der Waals surface area contributed by atoms with Gasteiger partial charge in [-0.15, -0.1) is 0 Å². The molecule has 1 unspecified atom stereocenters. The largest absolute Gasteiger partial charge is 0.324 e. The average molecular weight is 280 g/mol. The molecule has 0 fully saturated rings. The van der Waals surface area contributed by atoms with Gasteiger partial charge in [0.2, 0.25) is 0 Å². The Morgan fingerprint density at radius 1 is 0.944 bits per heavy atom. The van der Waals surface area contributed by atoms with Crippen LogP contribution >= 0.6 is 23.2 Å². The molecule has 2 aromatic rings. The van der Waals surface area contributed by atoms with Crippen molar-refractivity contribution < 1.29 is 0 Å². The molecular weight excluding hydrogens is 265 g/mol. The van der Waals surface area contributed by atoms with E-state index < -0.39 is 0 Å². The van der Waals surface area contributed by atoms with Crippen molar-refractivity contribution in [1.82, 2.24) is 0 Å². The molecule has 2 rings (SSSR count). The quantitative estimate of drug-likeness (QED) is 0.868. The van der Waals surface area contributed by atoms with Gasteiger partial charge < -0.3 is 5.73 Å². The van der Waals surface area contributed by atoms with Crippen molar-refractivity contribution in [2.24, 2.45) is 5.73 Å². The highest BCUT2D eigenvalue weighted by molar-refractivity contribution is 6.42. The molecule has 0 amide bonds. The second-order valence-electron chi connectivity index (χ2n) is 4.30. The third-order valence-electron chi connectivity index (χ3n) is 2.96. The van der Waals surface area contributed by atoms with Crippen LogP contribution in [0.4, 0.5) is 0 Å². The van der Waals surface area contributed by atoms with Crippen molar-refractivity contribution in [2.45, 2.75) is 18.9 Å². The van der Waals surface area contributed by atoms with E-state index in [4.69, 9.17) is 28.9 Å². The molecule has 0 bridgehead atoms. The van der Waals surface area contributed by atoms with Crippen LogP contribution in [0, 0.1) is 0 Å². The highest BCUT2D eigenvalue weighted by atomic mass is 35.5. The Hall–Kier alpha value is -1.02. The number of halogens is 2. The number of benzene rings is 2. The monoisotopic (exact) mass is 279 g/mol. The summed E-state index contributed by atoms with van der Waals surface area (Å²) in [5.74, 6) is 0. The third kappa shape index (κ3) is 3.49. The number of rotatable bonds is 4. The van der Waals surface area contributed by atoms with Crippen LogP contribution in [0.5, 0.6) is 0 Å². The summed E-state index contributed by atoms with van der Waals surface area (Å²) < 4.78 is 0. The van der Waals surface area contributed by atoms with Crippen molar-refractivity contribution in [3.63, 3.8) is 0 Å². The zero-order chi connectivity index (χ0) is 13.0. The Labute approximate surface area is 118 Å². The molecule has 94 valence electrons. The molecule has 0 aromatic heterocycles. The first-order valence-corrected chi connectivity index (χ1v) is 6.67. The van der Waals surface area contributed by atoms with Crippen LogP contribution in [0.15, 0.2) is 48.5 Å². The Kier molecular flexibility index (Phi) is 4.65. The molecule has 1 nitrogen and oxygen atoms in total. The van der Waals surface area contributed by atoms with Crippen LogP contribution < -0.4 is 5.73 Å². The molecule has 0 saturated carbocycles. The van der Waals surface area contributed by atoms with Gasteiger partial charge >= 0.3 is 0 Å². The van der Waals surface area contributed by atoms with Gasteiger partial charge in [-0.1, -0.05) is 59.6 Å². The zero-order valence-electron chi connectivity index (χ0n) is 9.94. The lowest BCUT2D eigenvalue weighted by atomic mass is 10.00. The SMILES string of the molecule is NC(CCc1ccccc1)c1ccc(Cl)c(Cl)c1. The molecule has 0 spiro atoms. The Morgan fingerprint density at radius 2 is 1.67 bits per heavy atom. The second kappa shape index (κ2) is 6.24. The van der Waals surface area contributed by atoms with Crippen molar-refractivity contribution in [1.29, 1.82) is 0 Å². The normalized spacial score (nSPS) is 12.4. The van der Waals surface area contributed by atoms with Crippen molar-refractivity contribution in [2.75, 3.05) is 0 Å². The summed E-state index contributed by atoms with van der Waals surface area (Å²) in [7, 11) is 0. The summed E-state index contributed by atoms with van der Waals surface area (Å²) in [5, 5.41) is 1.13. The van der Waals surface area contributed by atoms with E-state index in [0.717, 1.165) is 18.4 Å². The van der Waals surface area contributed by atoms with Gasteiger partial charge in [0.25, 0.3) is 0 Å². The maximum atomic E-state index is 6.16. The van der Waals surface area contributed by atoms with E-state index in [0.29, 0.717) is 10.0 Å². The Bertz CT molecular complexity index is 511. The molecule has 0 radical (unpaired) electrons. The molecule has 2 N–H and O–H groups in total. The number of nitrogens with two attached hydrogens (primary N) is 1. The highest BCUT2D eigenvalue weighted by Crippen LogP contribution is 2.26. The van der Waals surface area contributed by atoms with Gasteiger partial charge in [0.1, 0.15) is 0 Å². The molecule has 3 heteroatoms. The first-order valence-electron chi connectivity index (χ1n) is 5.91. The molecule has 0 saturated heterocycles.